The Morgan fingerprint density at radius 2 is 2.25 bits per heavy atom. The molecular weight excluding hydrogens is 282 g/mol. The highest BCUT2D eigenvalue weighted by molar-refractivity contribution is 7.99. The Labute approximate surface area is 118 Å². The summed E-state index contributed by atoms with van der Waals surface area (Å²) in [7, 11) is 0. The van der Waals surface area contributed by atoms with Crippen molar-refractivity contribution in [3.63, 3.8) is 0 Å². The van der Waals surface area contributed by atoms with Gasteiger partial charge in [-0.25, -0.2) is 9.78 Å². The lowest BCUT2D eigenvalue weighted by Gasteiger charge is -2.11. The summed E-state index contributed by atoms with van der Waals surface area (Å²) in [6, 6.07) is 3.75. The molecule has 1 unspecified atom stereocenters. The van der Waals surface area contributed by atoms with Crippen LogP contribution in [0.1, 0.15) is 6.92 Å². The van der Waals surface area contributed by atoms with Crippen molar-refractivity contribution in [2.45, 2.75) is 18.1 Å². The van der Waals surface area contributed by atoms with Crippen LogP contribution in [0.5, 0.6) is 5.75 Å². The van der Waals surface area contributed by atoms with Gasteiger partial charge in [-0.05, 0) is 12.1 Å². The molecule has 1 aromatic carbocycles. The number of nitrogens with one attached hydrogen (secondary N) is 2. The highest BCUT2D eigenvalue weighted by Crippen LogP contribution is 2.22. The van der Waals surface area contributed by atoms with Crippen molar-refractivity contribution < 1.29 is 19.8 Å². The third-order valence-corrected chi connectivity index (χ3v) is 3.47. The van der Waals surface area contributed by atoms with Crippen LogP contribution in [0.3, 0.4) is 0 Å². The monoisotopic (exact) mass is 295 g/mol. The van der Waals surface area contributed by atoms with Crippen LogP contribution >= 0.6 is 11.8 Å². The molecule has 0 spiro atoms. The molecule has 0 aliphatic heterocycles. The fourth-order valence-corrected chi connectivity index (χ4v) is 2.52. The molecule has 7 nitrogen and oxygen atoms in total. The van der Waals surface area contributed by atoms with Crippen LogP contribution in [0.4, 0.5) is 0 Å². The number of aliphatic carboxylic acids is 1. The molecule has 0 bridgehead atoms. The number of phenols is 1. The first kappa shape index (κ1) is 14.2. The summed E-state index contributed by atoms with van der Waals surface area (Å²) in [5, 5.41) is 21.2. The number of carboxylic acids is 1. The molecule has 1 amide bonds. The number of fused-ring (bicyclic) bond motifs is 1. The summed E-state index contributed by atoms with van der Waals surface area (Å²) in [5.41, 5.74) is 1.34. The smallest absolute Gasteiger partial charge is 0.327 e. The van der Waals surface area contributed by atoms with Crippen LogP contribution in [0.2, 0.25) is 0 Å². The van der Waals surface area contributed by atoms with Crippen molar-refractivity contribution in [2.75, 3.05) is 5.75 Å². The summed E-state index contributed by atoms with van der Waals surface area (Å²) >= 11 is 1.19. The quantitative estimate of drug-likeness (QED) is 0.610. The maximum absolute atomic E-state index is 11.0. The van der Waals surface area contributed by atoms with Crippen LogP contribution in [-0.4, -0.2) is 43.9 Å². The summed E-state index contributed by atoms with van der Waals surface area (Å²) in [4.78, 5) is 29.1. The van der Waals surface area contributed by atoms with Crippen LogP contribution in [0, 0.1) is 0 Å². The van der Waals surface area contributed by atoms with E-state index in [0.29, 0.717) is 16.2 Å². The molecule has 20 heavy (non-hydrogen) atoms. The minimum Gasteiger partial charge on any atom is -0.508 e. The van der Waals surface area contributed by atoms with Crippen molar-refractivity contribution in [2.24, 2.45) is 0 Å². The third-order valence-electron chi connectivity index (χ3n) is 2.51. The lowest BCUT2D eigenvalue weighted by Crippen LogP contribution is -2.41. The topological polar surface area (TPSA) is 115 Å². The van der Waals surface area contributed by atoms with E-state index in [-0.39, 0.29) is 11.5 Å². The predicted octanol–water partition coefficient (Wildman–Crippen LogP) is 0.950. The average Bonchev–Trinajstić information content (AvgIpc) is 2.75. The van der Waals surface area contributed by atoms with Gasteiger partial charge in [0.15, 0.2) is 5.16 Å². The molecule has 1 heterocycles. The minimum absolute atomic E-state index is 0.124. The van der Waals surface area contributed by atoms with Gasteiger partial charge in [0, 0.05) is 18.7 Å². The van der Waals surface area contributed by atoms with Gasteiger partial charge in [0.1, 0.15) is 11.8 Å². The molecule has 1 atom stereocenters. The SMILES string of the molecule is CC(=O)NC(CSc1nc2ccc(O)cc2[nH]1)C(=O)O. The molecule has 1 aromatic heterocycles. The van der Waals surface area contributed by atoms with Crippen molar-refractivity contribution in [1.29, 1.82) is 0 Å². The van der Waals surface area contributed by atoms with Gasteiger partial charge in [0.2, 0.25) is 5.91 Å². The van der Waals surface area contributed by atoms with Gasteiger partial charge in [-0.3, -0.25) is 4.79 Å². The van der Waals surface area contributed by atoms with Crippen LogP contribution in [0.25, 0.3) is 11.0 Å². The molecule has 0 fully saturated rings. The van der Waals surface area contributed by atoms with Crippen LogP contribution in [-0.2, 0) is 9.59 Å². The number of benzene rings is 1. The van der Waals surface area contributed by atoms with Gasteiger partial charge in [-0.15, -0.1) is 0 Å². The van der Waals surface area contributed by atoms with E-state index in [9.17, 15) is 14.7 Å². The first-order valence-electron chi connectivity index (χ1n) is 5.77. The molecule has 106 valence electrons. The van der Waals surface area contributed by atoms with E-state index in [1.54, 1.807) is 6.07 Å². The number of carbonyl (C=O) groups is 2. The number of hydrogen-bond acceptors (Lipinski definition) is 5. The number of phenolic OH excluding ortho intramolecular Hbond substituents is 1. The fraction of sp³-hybridized carbons (Fsp3) is 0.250. The van der Waals surface area contributed by atoms with Gasteiger partial charge in [0.05, 0.1) is 11.0 Å². The Bertz CT molecular complexity index is 655. The third kappa shape index (κ3) is 3.41. The second-order valence-electron chi connectivity index (χ2n) is 4.15. The predicted molar refractivity (Wildman–Crippen MR) is 73.7 cm³/mol. The second kappa shape index (κ2) is 5.83. The van der Waals surface area contributed by atoms with E-state index in [0.717, 1.165) is 0 Å². The highest BCUT2D eigenvalue weighted by atomic mass is 32.2. The maximum atomic E-state index is 11.0. The number of amides is 1. The molecule has 4 N–H and O–H groups in total. The van der Waals surface area contributed by atoms with Crippen molar-refractivity contribution in [3.8, 4) is 5.75 Å². The Balaban J connectivity index is 2.07. The molecular formula is C12H13N3O4S. The number of aromatic amines is 1. The molecule has 0 saturated carbocycles. The lowest BCUT2D eigenvalue weighted by atomic mass is 10.3. The van der Waals surface area contributed by atoms with Gasteiger partial charge in [0.25, 0.3) is 0 Å². The normalized spacial score (nSPS) is 12.2. The minimum atomic E-state index is -1.10. The molecule has 0 aliphatic carbocycles. The Hall–Kier alpha value is -2.22. The largest absolute Gasteiger partial charge is 0.508 e. The molecule has 8 heteroatoms. The zero-order chi connectivity index (χ0) is 14.7. The Kier molecular flexibility index (Phi) is 4.14. The summed E-state index contributed by atoms with van der Waals surface area (Å²) < 4.78 is 0. The number of imidazole rings is 1. The van der Waals surface area contributed by atoms with E-state index < -0.39 is 17.9 Å². The lowest BCUT2D eigenvalue weighted by molar-refractivity contribution is -0.140. The van der Waals surface area contributed by atoms with Gasteiger partial charge < -0.3 is 20.5 Å². The number of aromatic nitrogens is 2. The Morgan fingerprint density at radius 3 is 2.90 bits per heavy atom. The van der Waals surface area contributed by atoms with Crippen LogP contribution < -0.4 is 5.32 Å². The number of aromatic hydroxyl groups is 1. The number of hydrogen-bond donors (Lipinski definition) is 4. The zero-order valence-electron chi connectivity index (χ0n) is 10.6. The standard InChI is InChI=1S/C12H13N3O4S/c1-6(16)13-10(11(18)19)5-20-12-14-8-3-2-7(17)4-9(8)15-12/h2-4,10,17H,5H2,1H3,(H,13,16)(H,14,15)(H,18,19). The maximum Gasteiger partial charge on any atom is 0.327 e. The fourth-order valence-electron chi connectivity index (χ4n) is 1.62. The molecule has 2 aromatic rings. The van der Waals surface area contributed by atoms with E-state index in [1.165, 1.54) is 30.8 Å². The molecule has 0 aliphatic rings. The van der Waals surface area contributed by atoms with Gasteiger partial charge in [-0.2, -0.15) is 0 Å². The highest BCUT2D eigenvalue weighted by Gasteiger charge is 2.19. The van der Waals surface area contributed by atoms with E-state index in [4.69, 9.17) is 5.11 Å². The second-order valence-corrected chi connectivity index (χ2v) is 5.15. The first-order valence-corrected chi connectivity index (χ1v) is 6.75. The van der Waals surface area contributed by atoms with E-state index >= 15 is 0 Å². The molecule has 2 rings (SSSR count). The number of H-pyrrole nitrogens is 1. The van der Waals surface area contributed by atoms with Crippen LogP contribution in [0.15, 0.2) is 23.4 Å². The Morgan fingerprint density at radius 1 is 1.50 bits per heavy atom. The number of nitrogens with zero attached hydrogens (tertiary/aromatic N) is 1. The first-order chi connectivity index (χ1) is 9.45. The van der Waals surface area contributed by atoms with Gasteiger partial charge >= 0.3 is 5.97 Å². The number of carboxylic acid groups (broad SMARTS) is 1. The van der Waals surface area contributed by atoms with E-state index in [1.807, 2.05) is 0 Å². The van der Waals surface area contributed by atoms with E-state index in [2.05, 4.69) is 15.3 Å². The molecule has 0 radical (unpaired) electrons. The molecule has 0 saturated heterocycles. The number of thioether (sulfide) groups is 1. The average molecular weight is 295 g/mol. The summed E-state index contributed by atoms with van der Waals surface area (Å²) in [5.74, 6) is -1.21. The van der Waals surface area contributed by atoms with Crippen molar-refractivity contribution >= 4 is 34.7 Å². The summed E-state index contributed by atoms with van der Waals surface area (Å²) in [6.07, 6.45) is 0. The summed E-state index contributed by atoms with van der Waals surface area (Å²) in [6.45, 7) is 1.27. The van der Waals surface area contributed by atoms with Crippen molar-refractivity contribution in [3.05, 3.63) is 18.2 Å². The number of rotatable bonds is 5. The van der Waals surface area contributed by atoms with Crippen molar-refractivity contribution in [1.82, 2.24) is 15.3 Å². The number of carbonyl (C=O) groups excluding carboxylic acids is 1. The van der Waals surface area contributed by atoms with Gasteiger partial charge in [-0.1, -0.05) is 11.8 Å². The zero-order valence-corrected chi connectivity index (χ0v) is 11.4.